The number of halogens is 1. The molecule has 0 radical (unpaired) electrons. The molecule has 0 saturated carbocycles. The molecule has 8 nitrogen and oxygen atoms in total. The molecule has 0 spiro atoms. The summed E-state index contributed by atoms with van der Waals surface area (Å²) in [5.41, 5.74) is 12.3. The predicted molar refractivity (Wildman–Crippen MR) is 224 cm³/mol. The van der Waals surface area contributed by atoms with Gasteiger partial charge in [0.2, 0.25) is 0 Å². The Kier molecular flexibility index (Phi) is 13.7. The first kappa shape index (κ1) is 39.4. The van der Waals surface area contributed by atoms with Crippen LogP contribution < -0.4 is 20.7 Å². The number of nitrogens with one attached hydrogen (secondary N) is 2. The number of benzene rings is 5. The molecule has 1 aliphatic heterocycles. The lowest BCUT2D eigenvalue weighted by Gasteiger charge is -2.36. The maximum absolute atomic E-state index is 13.3. The molecule has 0 unspecified atom stereocenters. The SMILES string of the molecule is Cc1cc(S(=O)(=O)NC(=O)c2ccc(N3CCN(Cc4ccccc4-c4ccc(Cl)cc4)CC3)cc2)ccc1N[C@H](CCCCN)CSc1ccccc1. The number of aryl methyl sites for hydroxylation is 1. The van der Waals surface area contributed by atoms with Gasteiger partial charge in [0.1, 0.15) is 0 Å². The standard InChI is InChI=1S/C43H48ClN5O3S2/c1-32-29-40(22-23-42(32)46-37(10-7-8-24-45)31-53-39-11-3-2-4-12-39)54(51,52)47-43(50)34-16-20-38(21-17-34)49-27-25-48(26-28-49)30-35-9-5-6-13-41(35)33-14-18-36(44)19-15-33/h2-6,9,11-23,29,37,46H,7-8,10,24-28,30-31,45H2,1H3,(H,47,50)/t37-/m1/s1. The van der Waals surface area contributed by atoms with Crippen molar-refractivity contribution in [1.29, 1.82) is 0 Å². The maximum atomic E-state index is 13.3. The fourth-order valence-electron chi connectivity index (χ4n) is 6.67. The average molecular weight is 782 g/mol. The third kappa shape index (κ3) is 10.7. The topological polar surface area (TPSA) is 108 Å². The molecule has 54 heavy (non-hydrogen) atoms. The van der Waals surface area contributed by atoms with E-state index in [1.807, 2.05) is 49.4 Å². The highest BCUT2D eigenvalue weighted by molar-refractivity contribution is 7.99. The molecule has 5 aromatic carbocycles. The normalized spacial score (nSPS) is 14.1. The number of anilines is 2. The van der Waals surface area contributed by atoms with Crippen molar-refractivity contribution < 1.29 is 13.2 Å². The summed E-state index contributed by atoms with van der Waals surface area (Å²) in [7, 11) is -4.09. The highest BCUT2D eigenvalue weighted by Crippen LogP contribution is 2.28. The Morgan fingerprint density at radius 1 is 0.852 bits per heavy atom. The van der Waals surface area contributed by atoms with E-state index < -0.39 is 15.9 Å². The quantitative estimate of drug-likeness (QED) is 0.0677. The third-order valence-corrected chi connectivity index (χ3v) is 12.5. The first-order valence-electron chi connectivity index (χ1n) is 18.4. The van der Waals surface area contributed by atoms with E-state index in [0.717, 1.165) is 85.3 Å². The van der Waals surface area contributed by atoms with Crippen LogP contribution in [0.5, 0.6) is 0 Å². The molecular formula is C43H48ClN5O3S2. The van der Waals surface area contributed by atoms with Crippen molar-refractivity contribution in [3.05, 3.63) is 143 Å². The van der Waals surface area contributed by atoms with E-state index in [-0.39, 0.29) is 16.5 Å². The number of hydrogen-bond donors (Lipinski definition) is 3. The van der Waals surface area contributed by atoms with Crippen LogP contribution in [0.25, 0.3) is 11.1 Å². The zero-order valence-corrected chi connectivity index (χ0v) is 33.0. The summed E-state index contributed by atoms with van der Waals surface area (Å²) in [6, 6.07) is 39.0. The second-order valence-electron chi connectivity index (χ2n) is 13.6. The predicted octanol–water partition coefficient (Wildman–Crippen LogP) is 8.46. The van der Waals surface area contributed by atoms with Crippen molar-refractivity contribution in [2.45, 2.75) is 48.6 Å². The van der Waals surface area contributed by atoms with Crippen LogP contribution in [0.3, 0.4) is 0 Å². The number of thioether (sulfide) groups is 1. The van der Waals surface area contributed by atoms with Gasteiger partial charge < -0.3 is 16.0 Å². The molecule has 1 fully saturated rings. The van der Waals surface area contributed by atoms with Crippen LogP contribution in [0.1, 0.15) is 40.7 Å². The summed E-state index contributed by atoms with van der Waals surface area (Å²) in [5, 5.41) is 4.35. The van der Waals surface area contributed by atoms with E-state index in [0.29, 0.717) is 6.54 Å². The lowest BCUT2D eigenvalue weighted by molar-refractivity contribution is 0.0981. The highest BCUT2D eigenvalue weighted by atomic mass is 35.5. The molecule has 1 heterocycles. The highest BCUT2D eigenvalue weighted by Gasteiger charge is 2.22. The summed E-state index contributed by atoms with van der Waals surface area (Å²) >= 11 is 7.91. The maximum Gasteiger partial charge on any atom is 0.264 e. The van der Waals surface area contributed by atoms with E-state index in [1.54, 1.807) is 42.1 Å². The van der Waals surface area contributed by atoms with Gasteiger partial charge in [-0.3, -0.25) is 9.69 Å². The van der Waals surface area contributed by atoms with Crippen molar-refractivity contribution in [3.8, 4) is 11.1 Å². The molecule has 6 rings (SSSR count). The lowest BCUT2D eigenvalue weighted by Crippen LogP contribution is -2.46. The van der Waals surface area contributed by atoms with E-state index in [2.05, 4.69) is 68.4 Å². The fourth-order valence-corrected chi connectivity index (χ4v) is 8.85. The Morgan fingerprint density at radius 3 is 2.26 bits per heavy atom. The number of rotatable bonds is 16. The number of hydrogen-bond acceptors (Lipinski definition) is 8. The molecule has 282 valence electrons. The Morgan fingerprint density at radius 2 is 1.56 bits per heavy atom. The second-order valence-corrected chi connectivity index (χ2v) is 16.8. The van der Waals surface area contributed by atoms with Gasteiger partial charge in [0.25, 0.3) is 15.9 Å². The number of piperazine rings is 1. The van der Waals surface area contributed by atoms with Gasteiger partial charge in [-0.05, 0) is 115 Å². The Hall–Kier alpha value is -4.32. The summed E-state index contributed by atoms with van der Waals surface area (Å²) in [6.45, 7) is 6.85. The van der Waals surface area contributed by atoms with Gasteiger partial charge in [-0.1, -0.05) is 72.6 Å². The zero-order valence-electron chi connectivity index (χ0n) is 30.6. The van der Waals surface area contributed by atoms with Crippen molar-refractivity contribution in [2.75, 3.05) is 48.7 Å². The molecule has 1 saturated heterocycles. The van der Waals surface area contributed by atoms with E-state index in [9.17, 15) is 13.2 Å². The van der Waals surface area contributed by atoms with Gasteiger partial charge in [0.05, 0.1) is 4.90 Å². The van der Waals surface area contributed by atoms with Crippen LogP contribution in [0, 0.1) is 6.92 Å². The van der Waals surface area contributed by atoms with Crippen LogP contribution in [0.15, 0.2) is 131 Å². The van der Waals surface area contributed by atoms with Gasteiger partial charge in [-0.2, -0.15) is 0 Å². The monoisotopic (exact) mass is 781 g/mol. The van der Waals surface area contributed by atoms with Crippen molar-refractivity contribution in [3.63, 3.8) is 0 Å². The number of amides is 1. The van der Waals surface area contributed by atoms with Crippen LogP contribution in [-0.4, -0.2) is 63.7 Å². The van der Waals surface area contributed by atoms with Gasteiger partial charge in [0, 0.05) is 71.4 Å². The smallest absolute Gasteiger partial charge is 0.264 e. The molecule has 0 aliphatic carbocycles. The number of nitrogens with zero attached hydrogens (tertiary/aromatic N) is 2. The van der Waals surface area contributed by atoms with Gasteiger partial charge in [-0.25, -0.2) is 13.1 Å². The number of nitrogens with two attached hydrogens (primary N) is 1. The van der Waals surface area contributed by atoms with Crippen molar-refractivity contribution >= 4 is 50.7 Å². The van der Waals surface area contributed by atoms with E-state index in [4.69, 9.17) is 17.3 Å². The minimum atomic E-state index is -4.09. The van der Waals surface area contributed by atoms with Gasteiger partial charge >= 0.3 is 0 Å². The first-order valence-corrected chi connectivity index (χ1v) is 21.3. The van der Waals surface area contributed by atoms with Crippen LogP contribution in [0.4, 0.5) is 11.4 Å². The molecule has 4 N–H and O–H groups in total. The molecule has 11 heteroatoms. The zero-order chi connectivity index (χ0) is 37.9. The Labute approximate surface area is 329 Å². The van der Waals surface area contributed by atoms with E-state index in [1.165, 1.54) is 16.0 Å². The molecule has 0 bridgehead atoms. The summed E-state index contributed by atoms with van der Waals surface area (Å²) in [6.07, 6.45) is 2.90. The minimum absolute atomic E-state index is 0.0440. The van der Waals surface area contributed by atoms with Crippen LogP contribution in [-0.2, 0) is 16.6 Å². The van der Waals surface area contributed by atoms with Gasteiger partial charge in [-0.15, -0.1) is 11.8 Å². The molecular weight excluding hydrogens is 734 g/mol. The van der Waals surface area contributed by atoms with E-state index >= 15 is 0 Å². The number of carbonyl (C=O) groups excluding carboxylic acids is 1. The largest absolute Gasteiger partial charge is 0.381 e. The number of unbranched alkanes of at least 4 members (excludes halogenated alkanes) is 1. The summed E-state index contributed by atoms with van der Waals surface area (Å²) in [4.78, 5) is 19.1. The second kappa shape index (κ2) is 18.8. The molecule has 1 amide bonds. The Bertz CT molecular complexity index is 2090. The summed E-state index contributed by atoms with van der Waals surface area (Å²) in [5.74, 6) is 0.198. The summed E-state index contributed by atoms with van der Waals surface area (Å²) < 4.78 is 28.9. The fraction of sp³-hybridized carbons (Fsp3) is 0.279. The first-order chi connectivity index (χ1) is 26.2. The van der Waals surface area contributed by atoms with Gasteiger partial charge in [0.15, 0.2) is 0 Å². The molecule has 1 aliphatic rings. The lowest BCUT2D eigenvalue weighted by atomic mass is 9.99. The number of sulfonamides is 1. The number of carbonyl (C=O) groups is 1. The van der Waals surface area contributed by atoms with Crippen LogP contribution >= 0.6 is 23.4 Å². The van der Waals surface area contributed by atoms with Crippen molar-refractivity contribution in [1.82, 2.24) is 9.62 Å². The average Bonchev–Trinajstić information content (AvgIpc) is 3.19. The molecule has 0 aromatic heterocycles. The third-order valence-electron chi connectivity index (χ3n) is 9.73. The minimum Gasteiger partial charge on any atom is -0.381 e. The van der Waals surface area contributed by atoms with Crippen molar-refractivity contribution in [2.24, 2.45) is 5.73 Å². The van der Waals surface area contributed by atoms with Crippen LogP contribution in [0.2, 0.25) is 5.02 Å². The molecule has 1 atom stereocenters. The molecule has 5 aromatic rings. The Balaban J connectivity index is 1.02.